The zero-order valence-electron chi connectivity index (χ0n) is 30.0. The van der Waals surface area contributed by atoms with Crippen molar-refractivity contribution >= 4 is 32.3 Å². The number of benzene rings is 8. The molecule has 0 aliphatic rings. The van der Waals surface area contributed by atoms with Crippen molar-refractivity contribution < 1.29 is 4.42 Å². The minimum atomic E-state index is 0.627. The van der Waals surface area contributed by atoms with E-state index in [1.807, 2.05) is 24.4 Å². The molecule has 2 heteroatoms. The molecule has 246 valence electrons. The normalized spacial score (nSPS) is 11.7. The first-order valence-electron chi connectivity index (χ1n) is 17.8. The van der Waals surface area contributed by atoms with Gasteiger partial charge in [0.1, 0.15) is 0 Å². The molecule has 0 N–H and O–H groups in total. The van der Waals surface area contributed by atoms with Crippen LogP contribution in [-0.4, -0.2) is 4.98 Å². The molecule has 0 spiro atoms. The molecule has 0 fully saturated rings. The van der Waals surface area contributed by atoms with E-state index in [1.165, 1.54) is 93.7 Å². The Morgan fingerprint density at radius 2 is 0.804 bits per heavy atom. The van der Waals surface area contributed by atoms with Crippen molar-refractivity contribution in [2.24, 2.45) is 0 Å². The second kappa shape index (κ2) is 11.8. The second-order valence-electron chi connectivity index (χ2n) is 14.4. The van der Waals surface area contributed by atoms with Gasteiger partial charge in [-0.1, -0.05) is 126 Å². The quantitative estimate of drug-likeness (QED) is 0.172. The van der Waals surface area contributed by atoms with Gasteiger partial charge in [0.25, 0.3) is 0 Å². The Kier molecular flexibility index (Phi) is 7.19. The minimum absolute atomic E-state index is 0.627. The maximum Gasteiger partial charge on any atom is 0.227 e. The summed E-state index contributed by atoms with van der Waals surface area (Å²) in [6.45, 7) is 13.2. The van der Waals surface area contributed by atoms with Gasteiger partial charge in [0, 0.05) is 11.1 Å². The molecule has 0 atom stereocenters. The molecule has 0 bridgehead atoms. The number of aryl methyl sites for hydroxylation is 6. The van der Waals surface area contributed by atoms with Gasteiger partial charge in [0.15, 0.2) is 5.76 Å². The van der Waals surface area contributed by atoms with E-state index in [2.05, 4.69) is 145 Å². The first-order valence-corrected chi connectivity index (χ1v) is 17.8. The van der Waals surface area contributed by atoms with Gasteiger partial charge in [-0.3, -0.25) is 0 Å². The third kappa shape index (κ3) is 5.05. The molecule has 0 saturated heterocycles. The molecule has 0 aliphatic carbocycles. The van der Waals surface area contributed by atoms with Crippen LogP contribution in [0.25, 0.3) is 88.5 Å². The topological polar surface area (TPSA) is 26.0 Å². The van der Waals surface area contributed by atoms with Gasteiger partial charge in [-0.05, 0) is 136 Å². The molecule has 0 unspecified atom stereocenters. The first-order chi connectivity index (χ1) is 24.7. The Hall–Kier alpha value is -5.99. The van der Waals surface area contributed by atoms with E-state index in [0.29, 0.717) is 5.89 Å². The summed E-state index contributed by atoms with van der Waals surface area (Å²) in [5.41, 5.74) is 17.1. The first kappa shape index (κ1) is 31.0. The molecular weight excluding hydrogens is 619 g/mol. The molecule has 2 nitrogen and oxygen atoms in total. The highest BCUT2D eigenvalue weighted by atomic mass is 16.4. The van der Waals surface area contributed by atoms with Crippen LogP contribution < -0.4 is 0 Å². The molecule has 1 heterocycles. The van der Waals surface area contributed by atoms with Crippen LogP contribution in [-0.2, 0) is 0 Å². The van der Waals surface area contributed by atoms with Gasteiger partial charge in [-0.2, -0.15) is 0 Å². The fraction of sp³-hybridized carbons (Fsp3) is 0.122. The van der Waals surface area contributed by atoms with Crippen LogP contribution in [0.3, 0.4) is 0 Å². The van der Waals surface area contributed by atoms with Gasteiger partial charge in [-0.15, -0.1) is 0 Å². The summed E-state index contributed by atoms with van der Waals surface area (Å²) in [5.74, 6) is 1.39. The average molecular weight is 658 g/mol. The summed E-state index contributed by atoms with van der Waals surface area (Å²) in [4.78, 5) is 4.92. The number of oxazole rings is 1. The largest absolute Gasteiger partial charge is 0.436 e. The standard InChI is InChI=1S/C49H39NO/c1-28-12-15-35(31(4)22-28)42-25-43(36-16-13-29(2)23-32(36)5)39-20-21-41-45(49-50-27-46(51-49)34-10-8-7-9-11-34)26-44(37-17-14-30(3)24-33(37)6)40-19-18-38(42)47(39)48(40)41/h7-27H,1-6H3. The van der Waals surface area contributed by atoms with E-state index in [1.54, 1.807) is 0 Å². The van der Waals surface area contributed by atoms with E-state index < -0.39 is 0 Å². The molecular formula is C49H39NO. The van der Waals surface area contributed by atoms with Crippen LogP contribution in [0.4, 0.5) is 0 Å². The van der Waals surface area contributed by atoms with E-state index in [0.717, 1.165) is 22.3 Å². The maximum atomic E-state index is 6.62. The molecule has 51 heavy (non-hydrogen) atoms. The van der Waals surface area contributed by atoms with Gasteiger partial charge in [-0.25, -0.2) is 4.98 Å². The average Bonchev–Trinajstić information content (AvgIpc) is 3.62. The van der Waals surface area contributed by atoms with Crippen LogP contribution in [0.2, 0.25) is 0 Å². The Bertz CT molecular complexity index is 2730. The fourth-order valence-electron chi connectivity index (χ4n) is 8.32. The fourth-order valence-corrected chi connectivity index (χ4v) is 8.32. The Morgan fingerprint density at radius 3 is 1.24 bits per heavy atom. The lowest BCUT2D eigenvalue weighted by Gasteiger charge is -2.22. The molecule has 0 aliphatic heterocycles. The van der Waals surface area contributed by atoms with E-state index in [4.69, 9.17) is 9.40 Å². The van der Waals surface area contributed by atoms with Crippen molar-refractivity contribution in [3.05, 3.63) is 161 Å². The highest BCUT2D eigenvalue weighted by Crippen LogP contribution is 2.49. The van der Waals surface area contributed by atoms with E-state index in [-0.39, 0.29) is 0 Å². The molecule has 8 aromatic carbocycles. The van der Waals surface area contributed by atoms with Gasteiger partial charge >= 0.3 is 0 Å². The monoisotopic (exact) mass is 657 g/mol. The van der Waals surface area contributed by atoms with Gasteiger partial charge in [0.05, 0.1) is 6.20 Å². The predicted octanol–water partition coefficient (Wildman–Crippen LogP) is 13.8. The number of hydrogen-bond acceptors (Lipinski definition) is 2. The summed E-state index contributed by atoms with van der Waals surface area (Å²) in [7, 11) is 0. The summed E-state index contributed by atoms with van der Waals surface area (Å²) >= 11 is 0. The van der Waals surface area contributed by atoms with E-state index in [9.17, 15) is 0 Å². The lowest BCUT2D eigenvalue weighted by atomic mass is 9.81. The van der Waals surface area contributed by atoms with E-state index >= 15 is 0 Å². The second-order valence-corrected chi connectivity index (χ2v) is 14.4. The third-order valence-electron chi connectivity index (χ3n) is 10.7. The third-order valence-corrected chi connectivity index (χ3v) is 10.7. The summed E-state index contributed by atoms with van der Waals surface area (Å²) in [6.07, 6.45) is 1.86. The SMILES string of the molecule is Cc1ccc(-c2cc(-c3ncc(-c4ccccc4)o3)c3ccc4c(-c5ccc(C)cc5C)cc(-c5ccc(C)cc5C)c5ccc2c3c45)c(C)c1. The number of hydrogen-bond donors (Lipinski definition) is 0. The Morgan fingerprint density at radius 1 is 0.392 bits per heavy atom. The Balaban J connectivity index is 1.45. The zero-order chi connectivity index (χ0) is 35.0. The number of aromatic nitrogens is 1. The van der Waals surface area contributed by atoms with Crippen molar-refractivity contribution in [2.75, 3.05) is 0 Å². The van der Waals surface area contributed by atoms with Crippen molar-refractivity contribution in [3.63, 3.8) is 0 Å². The number of rotatable bonds is 5. The van der Waals surface area contributed by atoms with Crippen LogP contribution in [0.1, 0.15) is 33.4 Å². The summed E-state index contributed by atoms with van der Waals surface area (Å²) < 4.78 is 6.62. The lowest BCUT2D eigenvalue weighted by Crippen LogP contribution is -1.96. The number of nitrogens with zero attached hydrogens (tertiary/aromatic N) is 1. The highest BCUT2D eigenvalue weighted by Gasteiger charge is 2.23. The molecule has 0 radical (unpaired) electrons. The molecule has 0 amide bonds. The highest BCUT2D eigenvalue weighted by molar-refractivity contribution is 6.32. The Labute approximate surface area is 299 Å². The van der Waals surface area contributed by atoms with Crippen LogP contribution >= 0.6 is 0 Å². The van der Waals surface area contributed by atoms with Crippen molar-refractivity contribution in [1.82, 2.24) is 4.98 Å². The lowest BCUT2D eigenvalue weighted by molar-refractivity contribution is 0.589. The molecule has 9 rings (SSSR count). The smallest absolute Gasteiger partial charge is 0.227 e. The van der Waals surface area contributed by atoms with Crippen LogP contribution in [0.5, 0.6) is 0 Å². The van der Waals surface area contributed by atoms with Crippen molar-refractivity contribution in [1.29, 1.82) is 0 Å². The summed E-state index contributed by atoms with van der Waals surface area (Å²) in [6, 6.07) is 44.7. The maximum absolute atomic E-state index is 6.62. The molecule has 9 aromatic rings. The van der Waals surface area contributed by atoms with Crippen molar-refractivity contribution in [2.45, 2.75) is 41.5 Å². The molecule has 0 saturated carbocycles. The van der Waals surface area contributed by atoms with Gasteiger partial charge < -0.3 is 4.42 Å². The van der Waals surface area contributed by atoms with Crippen LogP contribution in [0, 0.1) is 41.5 Å². The molecule has 1 aromatic heterocycles. The minimum Gasteiger partial charge on any atom is -0.436 e. The van der Waals surface area contributed by atoms with Gasteiger partial charge in [0.2, 0.25) is 5.89 Å². The van der Waals surface area contributed by atoms with Crippen LogP contribution in [0.15, 0.2) is 132 Å². The summed E-state index contributed by atoms with van der Waals surface area (Å²) in [5, 5.41) is 7.41. The predicted molar refractivity (Wildman–Crippen MR) is 216 cm³/mol. The zero-order valence-corrected chi connectivity index (χ0v) is 30.0. The van der Waals surface area contributed by atoms with Crippen molar-refractivity contribution in [3.8, 4) is 56.2 Å².